The van der Waals surface area contributed by atoms with Crippen molar-refractivity contribution in [2.45, 2.75) is 114 Å². The number of halogens is 5. The van der Waals surface area contributed by atoms with Gasteiger partial charge in [0, 0.05) is 46.8 Å². The van der Waals surface area contributed by atoms with Gasteiger partial charge in [0.2, 0.25) is 14.2 Å². The molecule has 0 radical (unpaired) electrons. The Kier molecular flexibility index (Phi) is 10.6. The summed E-state index contributed by atoms with van der Waals surface area (Å²) < 4.78 is 71.8. The zero-order valence-electron chi connectivity index (χ0n) is 23.9. The third kappa shape index (κ3) is 6.96. The summed E-state index contributed by atoms with van der Waals surface area (Å²) in [6.07, 6.45) is 4.60. The van der Waals surface area contributed by atoms with Gasteiger partial charge < -0.3 is 13.5 Å². The summed E-state index contributed by atoms with van der Waals surface area (Å²) in [6.45, 7) is 14.3. The minimum absolute atomic E-state index is 0.00624. The summed E-state index contributed by atoms with van der Waals surface area (Å²) >= 11 is 12.5. The average Bonchev–Trinajstić information content (AvgIpc) is 3.18. The second-order valence-corrected chi connectivity index (χ2v) is 19.7. The first kappa shape index (κ1) is 33.5. The fraction of sp³-hybridized carbons (Fsp3) is 0.741. The Morgan fingerprint density at radius 2 is 1.45 bits per heavy atom. The Labute approximate surface area is 247 Å². The van der Waals surface area contributed by atoms with Gasteiger partial charge in [0.25, 0.3) is 0 Å². The molecule has 6 nitrogen and oxygen atoms in total. The van der Waals surface area contributed by atoms with Gasteiger partial charge in [0.15, 0.2) is 0 Å². The first-order valence-electron chi connectivity index (χ1n) is 13.9. The second-order valence-electron chi connectivity index (χ2n) is 11.9. The molecule has 1 aliphatic carbocycles. The number of nitrogens with zero attached hydrogens (tertiary/aromatic N) is 1. The van der Waals surface area contributed by atoms with Crippen LogP contribution in [0.15, 0.2) is 12.1 Å². The number of carbonyl (C=O) groups is 1. The lowest BCUT2D eigenvalue weighted by Gasteiger charge is -2.46. The summed E-state index contributed by atoms with van der Waals surface area (Å²) in [4.78, 5) is 15.3. The topological polar surface area (TPSA) is 72.9 Å². The number of hydrogen-bond donors (Lipinski definition) is 0. The van der Waals surface area contributed by atoms with Crippen LogP contribution in [-0.2, 0) is 25.8 Å². The number of likely N-dealkylation sites (tertiary alicyclic amines) is 1. The van der Waals surface area contributed by atoms with Crippen LogP contribution in [0.4, 0.5) is 13.2 Å². The molecule has 1 atom stereocenters. The van der Waals surface area contributed by atoms with Crippen molar-refractivity contribution >= 4 is 47.5 Å². The number of rotatable bonds is 10. The second kappa shape index (κ2) is 12.7. The Hall–Kier alpha value is -1.01. The predicted octanol–water partition coefficient (Wildman–Crippen LogP) is 8.12. The summed E-state index contributed by atoms with van der Waals surface area (Å²) in [5.74, 6) is -1.02. The number of alkyl halides is 3. The number of carbonyl (C=O) groups excluding carboxylic acids is 1. The van der Waals surface area contributed by atoms with Crippen molar-refractivity contribution in [3.63, 3.8) is 0 Å². The van der Waals surface area contributed by atoms with Crippen LogP contribution in [0.2, 0.25) is 26.7 Å². The molecule has 2 fully saturated rings. The lowest BCUT2D eigenvalue weighted by atomic mass is 9.92. The number of hydrogen-bond acceptors (Lipinski definition) is 5. The average molecular weight is 647 g/mol. The summed E-state index contributed by atoms with van der Waals surface area (Å²) in [5, 5.41) is -0.117. The molecule has 0 spiro atoms. The molecule has 1 heterocycles. The predicted molar refractivity (Wildman–Crippen MR) is 154 cm³/mol. The quantitative estimate of drug-likeness (QED) is 0.146. The highest BCUT2D eigenvalue weighted by atomic mass is 35.5. The van der Waals surface area contributed by atoms with Crippen molar-refractivity contribution in [1.82, 2.24) is 4.90 Å². The SMILES string of the molecule is CC(C)[Si](O[C@H]1CC[C@@H](N2CC[C@@H](Cc3c(Cl)cc(OS(=O)(=O)C(F)(F)F)cc3Cl)C2=O)CC1)(C(C)C)C(C)C. The molecule has 1 aromatic rings. The van der Waals surface area contributed by atoms with Crippen molar-refractivity contribution in [1.29, 1.82) is 0 Å². The maximum absolute atomic E-state index is 13.4. The highest BCUT2D eigenvalue weighted by Gasteiger charge is 2.49. The normalized spacial score (nSPS) is 23.1. The minimum Gasteiger partial charge on any atom is -0.413 e. The number of benzene rings is 1. The van der Waals surface area contributed by atoms with Crippen molar-refractivity contribution in [3.05, 3.63) is 27.7 Å². The molecule has 3 rings (SSSR count). The molecule has 13 heteroatoms. The van der Waals surface area contributed by atoms with Gasteiger partial charge >= 0.3 is 15.6 Å². The molecule has 1 saturated heterocycles. The van der Waals surface area contributed by atoms with E-state index in [0.29, 0.717) is 35.2 Å². The standard InChI is InChI=1S/C27H40Cl2F3NO5SSi/c1-16(2)40(17(3)4,18(5)6)38-21-9-7-20(8-10-21)33-12-11-19(26(33)34)13-23-24(28)14-22(15-25(23)29)37-39(35,36)27(30,31)32/h14-21H,7-13H2,1-6H3/t19-,20-,21+/m0/s1. The monoisotopic (exact) mass is 645 g/mol. The molecule has 228 valence electrons. The maximum Gasteiger partial charge on any atom is 0.534 e. The molecule has 40 heavy (non-hydrogen) atoms. The fourth-order valence-electron chi connectivity index (χ4n) is 6.73. The highest BCUT2D eigenvalue weighted by molar-refractivity contribution is 7.88. The highest BCUT2D eigenvalue weighted by Crippen LogP contribution is 2.45. The van der Waals surface area contributed by atoms with Crippen LogP contribution in [-0.4, -0.2) is 51.7 Å². The van der Waals surface area contributed by atoms with Gasteiger partial charge in [-0.1, -0.05) is 64.7 Å². The van der Waals surface area contributed by atoms with E-state index in [9.17, 15) is 26.4 Å². The van der Waals surface area contributed by atoms with Gasteiger partial charge in [-0.2, -0.15) is 21.6 Å². The van der Waals surface area contributed by atoms with Crippen molar-refractivity contribution in [2.75, 3.05) is 6.54 Å². The fourth-order valence-corrected chi connectivity index (χ4v) is 13.4. The first-order valence-corrected chi connectivity index (χ1v) is 18.2. The molecule has 1 saturated carbocycles. The van der Waals surface area contributed by atoms with E-state index in [2.05, 4.69) is 45.7 Å². The molecule has 0 aromatic heterocycles. The maximum atomic E-state index is 13.4. The largest absolute Gasteiger partial charge is 0.534 e. The van der Waals surface area contributed by atoms with Gasteiger partial charge in [0.05, 0.1) is 0 Å². The third-order valence-corrected chi connectivity index (χ3v) is 16.4. The molecule has 0 bridgehead atoms. The van der Waals surface area contributed by atoms with Gasteiger partial charge in [-0.05, 0) is 60.7 Å². The van der Waals surface area contributed by atoms with Crippen LogP contribution < -0.4 is 4.18 Å². The van der Waals surface area contributed by atoms with E-state index in [0.717, 1.165) is 37.8 Å². The molecular weight excluding hydrogens is 606 g/mol. The van der Waals surface area contributed by atoms with Gasteiger partial charge in [-0.3, -0.25) is 4.79 Å². The molecule has 0 unspecified atom stereocenters. The summed E-state index contributed by atoms with van der Waals surface area (Å²) in [5.41, 5.74) is -3.68. The summed E-state index contributed by atoms with van der Waals surface area (Å²) in [7, 11) is -7.84. The molecule has 1 aromatic carbocycles. The van der Waals surface area contributed by atoms with Crippen LogP contribution in [0.3, 0.4) is 0 Å². The van der Waals surface area contributed by atoms with Crippen LogP contribution in [0, 0.1) is 5.92 Å². The van der Waals surface area contributed by atoms with Crippen molar-refractivity contribution in [3.8, 4) is 5.75 Å². The van der Waals surface area contributed by atoms with Crippen LogP contribution in [0.25, 0.3) is 0 Å². The van der Waals surface area contributed by atoms with Crippen molar-refractivity contribution in [2.24, 2.45) is 5.92 Å². The van der Waals surface area contributed by atoms with Crippen LogP contribution in [0.5, 0.6) is 5.75 Å². The minimum atomic E-state index is -5.86. The van der Waals surface area contributed by atoms with Crippen molar-refractivity contribution < 1.29 is 35.0 Å². The molecule has 1 aliphatic heterocycles. The Morgan fingerprint density at radius 1 is 0.950 bits per heavy atom. The molecule has 2 aliphatic rings. The third-order valence-electron chi connectivity index (χ3n) is 8.57. The zero-order chi connectivity index (χ0) is 30.2. The number of amides is 1. The first-order chi connectivity index (χ1) is 18.4. The van der Waals surface area contributed by atoms with E-state index in [1.54, 1.807) is 0 Å². The Balaban J connectivity index is 1.63. The Morgan fingerprint density at radius 3 is 1.90 bits per heavy atom. The smallest absolute Gasteiger partial charge is 0.413 e. The lowest BCUT2D eigenvalue weighted by molar-refractivity contribution is -0.133. The van der Waals surface area contributed by atoms with Crippen LogP contribution in [0.1, 0.15) is 79.2 Å². The van der Waals surface area contributed by atoms with E-state index in [1.165, 1.54) is 0 Å². The van der Waals surface area contributed by atoms with E-state index in [-0.39, 0.29) is 40.4 Å². The zero-order valence-corrected chi connectivity index (χ0v) is 27.2. The van der Waals surface area contributed by atoms with E-state index >= 15 is 0 Å². The van der Waals surface area contributed by atoms with E-state index < -0.39 is 29.7 Å². The van der Waals surface area contributed by atoms with E-state index in [4.69, 9.17) is 27.6 Å². The molecule has 0 N–H and O–H groups in total. The van der Waals surface area contributed by atoms with Gasteiger partial charge in [0.1, 0.15) is 5.75 Å². The van der Waals surface area contributed by atoms with E-state index in [1.807, 2.05) is 4.90 Å². The van der Waals surface area contributed by atoms with Crippen LogP contribution >= 0.6 is 23.2 Å². The molecular formula is C27H40Cl2F3NO5SSi. The Bertz CT molecular complexity index is 1130. The summed E-state index contributed by atoms with van der Waals surface area (Å²) in [6, 6.07) is 2.08. The van der Waals surface area contributed by atoms with Gasteiger partial charge in [-0.15, -0.1) is 0 Å². The molecule has 1 amide bonds. The van der Waals surface area contributed by atoms with Gasteiger partial charge in [-0.25, -0.2) is 0 Å². The lowest BCUT2D eigenvalue weighted by Crippen LogP contribution is -2.51.